The summed E-state index contributed by atoms with van der Waals surface area (Å²) in [4.78, 5) is 14.4. The molecule has 1 atom stereocenters. The topological polar surface area (TPSA) is 48.0 Å². The van der Waals surface area contributed by atoms with Crippen LogP contribution in [0.25, 0.3) is 0 Å². The second kappa shape index (κ2) is 7.81. The molecular weight excluding hydrogens is 314 g/mol. The summed E-state index contributed by atoms with van der Waals surface area (Å²) >= 11 is 1.75. The minimum absolute atomic E-state index is 0.102. The SMILES string of the molecule is COc1cc(OC)c(C2SCCC(=O)N2CC(C)C)c(OC)c1. The summed E-state index contributed by atoms with van der Waals surface area (Å²) in [6.45, 7) is 4.95. The van der Waals surface area contributed by atoms with E-state index in [1.165, 1.54) is 0 Å². The zero-order valence-corrected chi connectivity index (χ0v) is 15.2. The van der Waals surface area contributed by atoms with Gasteiger partial charge in [-0.3, -0.25) is 4.79 Å². The quantitative estimate of drug-likeness (QED) is 0.795. The monoisotopic (exact) mass is 339 g/mol. The Morgan fingerprint density at radius 1 is 1.17 bits per heavy atom. The predicted molar refractivity (Wildman–Crippen MR) is 92.5 cm³/mol. The van der Waals surface area contributed by atoms with Crippen molar-refractivity contribution in [2.24, 2.45) is 5.92 Å². The van der Waals surface area contributed by atoms with Crippen molar-refractivity contribution in [3.63, 3.8) is 0 Å². The van der Waals surface area contributed by atoms with Crippen LogP contribution in [-0.4, -0.2) is 44.4 Å². The number of hydrogen-bond acceptors (Lipinski definition) is 5. The Labute approximate surface area is 142 Å². The van der Waals surface area contributed by atoms with E-state index >= 15 is 0 Å². The van der Waals surface area contributed by atoms with E-state index in [2.05, 4.69) is 13.8 Å². The fourth-order valence-electron chi connectivity index (χ4n) is 2.73. The van der Waals surface area contributed by atoms with E-state index in [9.17, 15) is 4.79 Å². The molecule has 0 spiro atoms. The lowest BCUT2D eigenvalue weighted by Gasteiger charge is -2.37. The third-order valence-corrected chi connectivity index (χ3v) is 5.00. The fourth-order valence-corrected chi connectivity index (χ4v) is 4.03. The smallest absolute Gasteiger partial charge is 0.224 e. The van der Waals surface area contributed by atoms with Crippen LogP contribution in [0.15, 0.2) is 12.1 Å². The number of methoxy groups -OCH3 is 3. The molecule has 0 radical (unpaired) electrons. The van der Waals surface area contributed by atoms with Crippen molar-refractivity contribution >= 4 is 17.7 Å². The van der Waals surface area contributed by atoms with Crippen LogP contribution in [0.1, 0.15) is 31.2 Å². The van der Waals surface area contributed by atoms with Crippen molar-refractivity contribution in [2.45, 2.75) is 25.6 Å². The lowest BCUT2D eigenvalue weighted by atomic mass is 10.1. The number of carbonyl (C=O) groups excluding carboxylic acids is 1. The van der Waals surface area contributed by atoms with Crippen LogP contribution >= 0.6 is 11.8 Å². The van der Waals surface area contributed by atoms with Gasteiger partial charge in [0.2, 0.25) is 5.91 Å². The molecule has 2 rings (SSSR count). The molecule has 1 aromatic rings. The molecule has 5 nitrogen and oxygen atoms in total. The number of hydrogen-bond donors (Lipinski definition) is 0. The maximum atomic E-state index is 12.4. The first kappa shape index (κ1) is 17.8. The van der Waals surface area contributed by atoms with E-state index < -0.39 is 0 Å². The first-order valence-corrected chi connectivity index (χ1v) is 8.77. The predicted octanol–water partition coefficient (Wildman–Crippen LogP) is 3.33. The van der Waals surface area contributed by atoms with Gasteiger partial charge in [-0.25, -0.2) is 0 Å². The maximum Gasteiger partial charge on any atom is 0.224 e. The minimum atomic E-state index is -0.102. The molecule has 0 aliphatic carbocycles. The summed E-state index contributed by atoms with van der Waals surface area (Å²) < 4.78 is 16.4. The van der Waals surface area contributed by atoms with Crippen molar-refractivity contribution in [1.82, 2.24) is 4.90 Å². The third kappa shape index (κ3) is 3.86. The highest BCUT2D eigenvalue weighted by atomic mass is 32.2. The van der Waals surface area contributed by atoms with Gasteiger partial charge in [0, 0.05) is 30.9 Å². The molecule has 0 aromatic heterocycles. The molecule has 128 valence electrons. The Balaban J connectivity index is 2.50. The Kier molecular flexibility index (Phi) is 6.04. The van der Waals surface area contributed by atoms with Gasteiger partial charge in [-0.05, 0) is 5.92 Å². The summed E-state index contributed by atoms with van der Waals surface area (Å²) in [6.07, 6.45) is 0.578. The average molecular weight is 339 g/mol. The Bertz CT molecular complexity index is 537. The van der Waals surface area contributed by atoms with Gasteiger partial charge >= 0.3 is 0 Å². The molecule has 1 aliphatic heterocycles. The molecule has 0 saturated carbocycles. The number of amides is 1. The first-order chi connectivity index (χ1) is 11.0. The molecule has 6 heteroatoms. The molecule has 0 N–H and O–H groups in total. The zero-order chi connectivity index (χ0) is 17.0. The van der Waals surface area contributed by atoms with Crippen LogP contribution in [-0.2, 0) is 4.79 Å². The van der Waals surface area contributed by atoms with E-state index in [1.807, 2.05) is 17.0 Å². The fraction of sp³-hybridized carbons (Fsp3) is 0.588. The van der Waals surface area contributed by atoms with E-state index in [0.29, 0.717) is 29.6 Å². The lowest BCUT2D eigenvalue weighted by Crippen LogP contribution is -2.39. The van der Waals surface area contributed by atoms with Crippen LogP contribution in [0.4, 0.5) is 0 Å². The minimum Gasteiger partial charge on any atom is -0.496 e. The van der Waals surface area contributed by atoms with Crippen molar-refractivity contribution in [3.05, 3.63) is 17.7 Å². The molecule has 1 unspecified atom stereocenters. The summed E-state index contributed by atoms with van der Waals surface area (Å²) in [6, 6.07) is 3.68. The highest BCUT2D eigenvalue weighted by molar-refractivity contribution is 7.99. The number of rotatable bonds is 6. The summed E-state index contributed by atoms with van der Waals surface area (Å²) in [5.74, 6) is 3.42. The number of benzene rings is 1. The van der Waals surface area contributed by atoms with Gasteiger partial charge in [0.05, 0.1) is 26.9 Å². The van der Waals surface area contributed by atoms with Crippen LogP contribution in [0.3, 0.4) is 0 Å². The second-order valence-corrected chi connectivity index (χ2v) is 7.05. The molecule has 1 aliphatic rings. The van der Waals surface area contributed by atoms with Crippen LogP contribution < -0.4 is 14.2 Å². The lowest BCUT2D eigenvalue weighted by molar-refractivity contribution is -0.132. The van der Waals surface area contributed by atoms with Crippen molar-refractivity contribution in [2.75, 3.05) is 33.6 Å². The van der Waals surface area contributed by atoms with Gasteiger partial charge < -0.3 is 19.1 Å². The maximum absolute atomic E-state index is 12.4. The molecule has 1 amide bonds. The van der Waals surface area contributed by atoms with Gasteiger partial charge in [-0.1, -0.05) is 13.8 Å². The van der Waals surface area contributed by atoms with E-state index in [1.54, 1.807) is 33.1 Å². The molecule has 1 aromatic carbocycles. The number of carbonyl (C=O) groups is 1. The molecular formula is C17H25NO4S. The number of nitrogens with zero attached hydrogens (tertiary/aromatic N) is 1. The van der Waals surface area contributed by atoms with Crippen LogP contribution in [0.5, 0.6) is 17.2 Å². The Morgan fingerprint density at radius 3 is 2.26 bits per heavy atom. The van der Waals surface area contributed by atoms with Crippen molar-refractivity contribution in [3.8, 4) is 17.2 Å². The zero-order valence-electron chi connectivity index (χ0n) is 14.4. The highest BCUT2D eigenvalue weighted by Gasteiger charge is 2.34. The third-order valence-electron chi connectivity index (χ3n) is 3.76. The number of thioether (sulfide) groups is 1. The summed E-state index contributed by atoms with van der Waals surface area (Å²) in [5, 5.41) is -0.102. The van der Waals surface area contributed by atoms with E-state index in [0.717, 1.165) is 17.9 Å². The summed E-state index contributed by atoms with van der Waals surface area (Å²) in [5.41, 5.74) is 0.898. The molecule has 23 heavy (non-hydrogen) atoms. The largest absolute Gasteiger partial charge is 0.496 e. The van der Waals surface area contributed by atoms with E-state index in [4.69, 9.17) is 14.2 Å². The molecule has 1 heterocycles. The average Bonchev–Trinajstić information content (AvgIpc) is 2.55. The van der Waals surface area contributed by atoms with Crippen molar-refractivity contribution in [1.29, 1.82) is 0 Å². The molecule has 1 fully saturated rings. The van der Waals surface area contributed by atoms with Gasteiger partial charge in [0.15, 0.2) is 0 Å². The normalized spacial score (nSPS) is 18.3. The summed E-state index contributed by atoms with van der Waals surface area (Å²) in [7, 11) is 4.86. The second-order valence-electron chi connectivity index (χ2n) is 5.86. The Morgan fingerprint density at radius 2 is 1.78 bits per heavy atom. The standard InChI is InChI=1S/C17H25NO4S/c1-11(2)10-18-15(19)6-7-23-17(18)16-13(21-4)8-12(20-3)9-14(16)22-5/h8-9,11,17H,6-7,10H2,1-5H3. The van der Waals surface area contributed by atoms with Gasteiger partial charge in [0.1, 0.15) is 22.6 Å². The molecule has 1 saturated heterocycles. The Hall–Kier alpha value is -1.56. The van der Waals surface area contributed by atoms with Crippen LogP contribution in [0, 0.1) is 5.92 Å². The first-order valence-electron chi connectivity index (χ1n) is 7.72. The van der Waals surface area contributed by atoms with Gasteiger partial charge in [-0.2, -0.15) is 0 Å². The van der Waals surface area contributed by atoms with Crippen LogP contribution in [0.2, 0.25) is 0 Å². The highest BCUT2D eigenvalue weighted by Crippen LogP contribution is 2.47. The van der Waals surface area contributed by atoms with Gasteiger partial charge in [0.25, 0.3) is 0 Å². The van der Waals surface area contributed by atoms with Crippen molar-refractivity contribution < 1.29 is 19.0 Å². The molecule has 0 bridgehead atoms. The van der Waals surface area contributed by atoms with Gasteiger partial charge in [-0.15, -0.1) is 11.8 Å². The van der Waals surface area contributed by atoms with E-state index in [-0.39, 0.29) is 11.3 Å². The number of ether oxygens (including phenoxy) is 3.